The van der Waals surface area contributed by atoms with Crippen LogP contribution < -0.4 is 14.4 Å². The number of hydrogen-bond acceptors (Lipinski definition) is 7. The summed E-state index contributed by atoms with van der Waals surface area (Å²) in [6.07, 6.45) is 5.15. The van der Waals surface area contributed by atoms with Gasteiger partial charge in [-0.05, 0) is 62.4 Å². The lowest BCUT2D eigenvalue weighted by Gasteiger charge is -2.34. The maximum atomic E-state index is 13.4. The van der Waals surface area contributed by atoms with E-state index in [0.29, 0.717) is 36.5 Å². The number of carbonyl (C=O) groups excluding carboxylic acids is 2. The van der Waals surface area contributed by atoms with Crippen molar-refractivity contribution in [2.75, 3.05) is 18.1 Å². The predicted octanol–water partition coefficient (Wildman–Crippen LogP) is 4.88. The van der Waals surface area contributed by atoms with E-state index in [-0.39, 0.29) is 17.5 Å². The maximum absolute atomic E-state index is 13.4. The van der Waals surface area contributed by atoms with Gasteiger partial charge in [-0.25, -0.2) is 18.1 Å². The van der Waals surface area contributed by atoms with Gasteiger partial charge in [0.05, 0.1) is 17.9 Å². The molecule has 0 bridgehead atoms. The smallest absolute Gasteiger partial charge is 0.268 e. The first-order valence-electron chi connectivity index (χ1n) is 12.9. The lowest BCUT2D eigenvalue weighted by molar-refractivity contribution is -0.114. The first-order chi connectivity index (χ1) is 17.9. The standard InChI is InChI=1S/C29H35N3O5S/c1-19(2)18-37-22-10-8-9-21(15-22)24-14-13-23(27(30-24)32-17-20(3)16-29(32,4)5)28(34)31-38(35,36)26-12-7-6-11-25(26)33/h6-10,12-15,19-20H,11,16-18H2,1-5H3,(H,31,34)/t20-/m0/s1. The summed E-state index contributed by atoms with van der Waals surface area (Å²) in [6, 6.07) is 10.9. The summed E-state index contributed by atoms with van der Waals surface area (Å²) in [5.74, 6) is 0.485. The molecule has 1 amide bonds. The van der Waals surface area contributed by atoms with E-state index >= 15 is 0 Å². The zero-order valence-corrected chi connectivity index (χ0v) is 23.3. The van der Waals surface area contributed by atoms with Gasteiger partial charge in [-0.2, -0.15) is 0 Å². The van der Waals surface area contributed by atoms with Crippen molar-refractivity contribution in [1.82, 2.24) is 9.71 Å². The number of nitrogens with zero attached hydrogens (tertiary/aromatic N) is 2. The van der Waals surface area contributed by atoms with Crippen molar-refractivity contribution in [2.24, 2.45) is 11.8 Å². The molecule has 1 atom stereocenters. The third kappa shape index (κ3) is 5.99. The molecule has 38 heavy (non-hydrogen) atoms. The van der Waals surface area contributed by atoms with Gasteiger partial charge in [-0.1, -0.05) is 45.1 Å². The zero-order valence-electron chi connectivity index (χ0n) is 22.5. The van der Waals surface area contributed by atoms with Crippen LogP contribution in [0.1, 0.15) is 57.8 Å². The number of ketones is 1. The fourth-order valence-corrected chi connectivity index (χ4v) is 6.06. The van der Waals surface area contributed by atoms with Gasteiger partial charge in [0.25, 0.3) is 15.9 Å². The number of hydrogen-bond donors (Lipinski definition) is 1. The lowest BCUT2D eigenvalue weighted by Crippen LogP contribution is -2.41. The zero-order chi connectivity index (χ0) is 27.7. The number of anilines is 1. The van der Waals surface area contributed by atoms with Crippen molar-refractivity contribution in [1.29, 1.82) is 0 Å². The SMILES string of the molecule is CC(C)COc1cccc(-c2ccc(C(=O)NS(=O)(=O)C3=CC=CCC3=O)c(N3C[C@@H](C)CC3(C)C)n2)c1. The van der Waals surface area contributed by atoms with E-state index in [2.05, 4.69) is 44.2 Å². The molecule has 8 nitrogen and oxygen atoms in total. The second-order valence-electron chi connectivity index (χ2n) is 11.1. The Morgan fingerprint density at radius 2 is 2.00 bits per heavy atom. The van der Waals surface area contributed by atoms with E-state index in [9.17, 15) is 18.0 Å². The molecule has 1 aliphatic carbocycles. The highest BCUT2D eigenvalue weighted by Crippen LogP contribution is 2.38. The van der Waals surface area contributed by atoms with Gasteiger partial charge < -0.3 is 9.64 Å². The largest absolute Gasteiger partial charge is 0.493 e. The average molecular weight is 538 g/mol. The molecule has 1 saturated heterocycles. The van der Waals surface area contributed by atoms with E-state index in [0.717, 1.165) is 17.7 Å². The minimum atomic E-state index is -4.34. The summed E-state index contributed by atoms with van der Waals surface area (Å²) >= 11 is 0. The number of amides is 1. The molecule has 1 aliphatic heterocycles. The van der Waals surface area contributed by atoms with E-state index in [1.54, 1.807) is 18.2 Å². The topological polar surface area (TPSA) is 106 Å². The van der Waals surface area contributed by atoms with Crippen LogP contribution in [-0.4, -0.2) is 43.8 Å². The second kappa shape index (κ2) is 10.7. The van der Waals surface area contributed by atoms with E-state index in [4.69, 9.17) is 9.72 Å². The molecule has 0 radical (unpaired) electrons. The molecule has 4 rings (SSSR count). The van der Waals surface area contributed by atoms with Crippen molar-refractivity contribution in [2.45, 2.75) is 53.0 Å². The maximum Gasteiger partial charge on any atom is 0.268 e. The highest BCUT2D eigenvalue weighted by molar-refractivity contribution is 7.95. The van der Waals surface area contributed by atoms with Crippen molar-refractivity contribution in [3.63, 3.8) is 0 Å². The third-order valence-electron chi connectivity index (χ3n) is 6.64. The molecular formula is C29H35N3O5S. The number of ether oxygens (including phenoxy) is 1. The monoisotopic (exact) mass is 537 g/mol. The number of aromatic nitrogens is 1. The molecule has 0 unspecified atom stereocenters. The first-order valence-corrected chi connectivity index (χ1v) is 14.3. The van der Waals surface area contributed by atoms with Gasteiger partial charge in [0, 0.05) is 24.1 Å². The van der Waals surface area contributed by atoms with Gasteiger partial charge >= 0.3 is 0 Å². The normalized spacial score (nSPS) is 19.0. The molecular weight excluding hydrogens is 502 g/mol. The Labute approximate surface area is 224 Å². The van der Waals surface area contributed by atoms with Gasteiger partial charge in [-0.3, -0.25) is 9.59 Å². The molecule has 2 aromatic rings. The number of carbonyl (C=O) groups is 2. The van der Waals surface area contributed by atoms with Crippen molar-refractivity contribution < 1.29 is 22.7 Å². The van der Waals surface area contributed by atoms with Crippen LogP contribution in [-0.2, 0) is 14.8 Å². The summed E-state index contributed by atoms with van der Waals surface area (Å²) in [5, 5.41) is 0. The Kier molecular flexibility index (Phi) is 7.78. The summed E-state index contributed by atoms with van der Waals surface area (Å²) in [4.78, 5) is 32.1. The minimum absolute atomic E-state index is 0.0256. The summed E-state index contributed by atoms with van der Waals surface area (Å²) in [5.41, 5.74) is 1.29. The van der Waals surface area contributed by atoms with Gasteiger partial charge in [0.1, 0.15) is 16.5 Å². The van der Waals surface area contributed by atoms with Gasteiger partial charge in [0.2, 0.25) is 0 Å². The number of benzene rings is 1. The van der Waals surface area contributed by atoms with Crippen LogP contribution in [0, 0.1) is 11.8 Å². The average Bonchev–Trinajstić information content (AvgIpc) is 3.13. The number of nitrogens with one attached hydrogen (secondary N) is 1. The van der Waals surface area contributed by atoms with Crippen LogP contribution >= 0.6 is 0 Å². The summed E-state index contributed by atoms with van der Waals surface area (Å²) < 4.78 is 33.8. The molecule has 1 aromatic carbocycles. The number of pyridine rings is 1. The first kappa shape index (κ1) is 27.6. The second-order valence-corrected chi connectivity index (χ2v) is 12.7. The van der Waals surface area contributed by atoms with Crippen LogP contribution in [0.2, 0.25) is 0 Å². The molecule has 2 heterocycles. The molecule has 1 fully saturated rings. The van der Waals surface area contributed by atoms with Crippen LogP contribution in [0.25, 0.3) is 11.3 Å². The van der Waals surface area contributed by atoms with E-state index in [1.807, 2.05) is 24.3 Å². The molecule has 202 valence electrons. The fourth-order valence-electron chi connectivity index (χ4n) is 4.96. The Bertz CT molecular complexity index is 1410. The van der Waals surface area contributed by atoms with Crippen LogP contribution in [0.3, 0.4) is 0 Å². The van der Waals surface area contributed by atoms with Crippen molar-refractivity contribution in [3.05, 3.63) is 65.1 Å². The summed E-state index contributed by atoms with van der Waals surface area (Å²) in [7, 11) is -4.34. The molecule has 0 saturated carbocycles. The van der Waals surface area contributed by atoms with Gasteiger partial charge in [0.15, 0.2) is 5.78 Å². The molecule has 2 aliphatic rings. The number of allylic oxidation sites excluding steroid dienone is 4. The van der Waals surface area contributed by atoms with Crippen molar-refractivity contribution >= 4 is 27.5 Å². The molecule has 9 heteroatoms. The Hall–Kier alpha value is -3.46. The van der Waals surface area contributed by atoms with Gasteiger partial charge in [-0.15, -0.1) is 0 Å². The third-order valence-corrected chi connectivity index (χ3v) is 8.04. The van der Waals surface area contributed by atoms with Crippen LogP contribution in [0.5, 0.6) is 5.75 Å². The number of Topliss-reactive ketones (excluding diaryl/α,β-unsaturated/α-hetero) is 1. The summed E-state index contributed by atoms with van der Waals surface area (Å²) in [6.45, 7) is 11.7. The van der Waals surface area contributed by atoms with E-state index in [1.165, 1.54) is 12.2 Å². The quantitative estimate of drug-likeness (QED) is 0.512. The van der Waals surface area contributed by atoms with E-state index < -0.39 is 26.6 Å². The molecule has 1 N–H and O–H groups in total. The number of sulfonamides is 1. The Morgan fingerprint density at radius 1 is 1.24 bits per heavy atom. The molecule has 0 spiro atoms. The Balaban J connectivity index is 1.73. The highest BCUT2D eigenvalue weighted by atomic mass is 32.2. The lowest BCUT2D eigenvalue weighted by atomic mass is 9.97. The van der Waals surface area contributed by atoms with Crippen molar-refractivity contribution in [3.8, 4) is 17.0 Å². The van der Waals surface area contributed by atoms with Crippen LogP contribution in [0.15, 0.2) is 59.5 Å². The van der Waals surface area contributed by atoms with Crippen LogP contribution in [0.4, 0.5) is 5.82 Å². The number of rotatable bonds is 8. The Morgan fingerprint density at radius 3 is 2.66 bits per heavy atom. The fraction of sp³-hybridized carbons (Fsp3) is 0.414. The highest BCUT2D eigenvalue weighted by Gasteiger charge is 2.39. The predicted molar refractivity (Wildman–Crippen MR) is 148 cm³/mol. The minimum Gasteiger partial charge on any atom is -0.493 e. The molecule has 1 aromatic heterocycles.